The molecule has 1 amide bonds. The number of nitrogens with zero attached hydrogens (tertiary/aromatic N) is 3. The number of aryl methyl sites for hydroxylation is 2. The Labute approximate surface area is 250 Å². The van der Waals surface area contributed by atoms with E-state index in [0.29, 0.717) is 21.2 Å². The molecule has 5 aromatic rings. The second-order valence-corrected chi connectivity index (χ2v) is 12.2. The quantitative estimate of drug-likeness (QED) is 0.0685. The summed E-state index contributed by atoms with van der Waals surface area (Å²) in [5.74, 6) is -1.99. The average Bonchev–Trinajstić information content (AvgIpc) is 3.58. The van der Waals surface area contributed by atoms with E-state index < -0.39 is 29.3 Å². The summed E-state index contributed by atoms with van der Waals surface area (Å²) in [5.41, 5.74) is 3.26. The van der Waals surface area contributed by atoms with Crippen LogP contribution in [0.2, 0.25) is 0 Å². The first-order valence-corrected chi connectivity index (χ1v) is 15.2. The Morgan fingerprint density at radius 2 is 1.76 bits per heavy atom. The molecule has 1 aliphatic heterocycles. The Kier molecular flexibility index (Phi) is 7.62. The van der Waals surface area contributed by atoms with E-state index in [1.807, 2.05) is 49.4 Å². The van der Waals surface area contributed by atoms with E-state index in [0.717, 1.165) is 28.3 Å². The highest BCUT2D eigenvalue weighted by Crippen LogP contribution is 2.44. The number of hydrogen-bond donors (Lipinski definition) is 1. The first-order valence-electron chi connectivity index (χ1n) is 13.4. The number of amides is 1. The van der Waals surface area contributed by atoms with Crippen LogP contribution in [0.25, 0.3) is 16.5 Å². The van der Waals surface area contributed by atoms with Gasteiger partial charge in [0, 0.05) is 11.3 Å². The van der Waals surface area contributed by atoms with Crippen LogP contribution in [0.4, 0.5) is 9.52 Å². The number of halogens is 1. The Bertz CT molecular complexity index is 1860. The average molecular weight is 596 g/mol. The van der Waals surface area contributed by atoms with Crippen LogP contribution in [0.1, 0.15) is 40.8 Å². The van der Waals surface area contributed by atoms with Crippen molar-refractivity contribution >= 4 is 56.5 Å². The number of fused-ring (bicyclic) bond motifs is 1. The van der Waals surface area contributed by atoms with Crippen LogP contribution in [0, 0.1) is 12.7 Å². The maximum atomic E-state index is 14.4. The van der Waals surface area contributed by atoms with Crippen LogP contribution in [-0.4, -0.2) is 27.0 Å². The van der Waals surface area contributed by atoms with Gasteiger partial charge in [0.25, 0.3) is 5.78 Å². The molecule has 9 heteroatoms. The number of aliphatic hydroxyl groups is 1. The normalized spacial score (nSPS) is 16.5. The van der Waals surface area contributed by atoms with Crippen molar-refractivity contribution in [1.29, 1.82) is 0 Å². The van der Waals surface area contributed by atoms with Crippen molar-refractivity contribution in [1.82, 2.24) is 10.2 Å². The standard InChI is InChI=1S/C33H26FN3O3S2/c1-3-20-12-15-22(16-13-20)28-27(29(38)23-14-11-19(2)26(34)17-23)30(39)31(40)37(28)32-35-36-33(42-32)41-18-24-9-6-8-21-7-4-5-10-25(21)24/h4-17,28,38H,3,18H2,1-2H3/t28-/m1/s1. The molecule has 0 bridgehead atoms. The maximum Gasteiger partial charge on any atom is 0.301 e. The highest BCUT2D eigenvalue weighted by atomic mass is 32.2. The van der Waals surface area contributed by atoms with Crippen LogP contribution in [0.15, 0.2) is 94.8 Å². The molecular weight excluding hydrogens is 570 g/mol. The number of carbonyl (C=O) groups is 2. The number of carbonyl (C=O) groups excluding carboxylic acids is 2. The lowest BCUT2D eigenvalue weighted by Crippen LogP contribution is -2.29. The molecule has 6 nitrogen and oxygen atoms in total. The summed E-state index contributed by atoms with van der Waals surface area (Å²) in [6.45, 7) is 3.64. The minimum atomic E-state index is -0.955. The van der Waals surface area contributed by atoms with Gasteiger partial charge >= 0.3 is 5.91 Å². The minimum absolute atomic E-state index is 0.118. The van der Waals surface area contributed by atoms with Crippen molar-refractivity contribution in [2.45, 2.75) is 36.4 Å². The molecule has 1 aliphatic rings. The largest absolute Gasteiger partial charge is 0.507 e. The van der Waals surface area contributed by atoms with Gasteiger partial charge in [0.2, 0.25) is 5.13 Å². The van der Waals surface area contributed by atoms with Gasteiger partial charge in [-0.25, -0.2) is 4.39 Å². The third kappa shape index (κ3) is 5.10. The van der Waals surface area contributed by atoms with Crippen LogP contribution in [0.5, 0.6) is 0 Å². The molecular formula is C33H26FN3O3S2. The molecule has 1 atom stereocenters. The molecule has 6 rings (SSSR count). The van der Waals surface area contributed by atoms with Crippen LogP contribution >= 0.6 is 23.1 Å². The van der Waals surface area contributed by atoms with Gasteiger partial charge in [0.15, 0.2) is 4.34 Å². The third-order valence-electron chi connectivity index (χ3n) is 7.43. The first kappa shape index (κ1) is 27.8. The molecule has 1 saturated heterocycles. The van der Waals surface area contributed by atoms with Crippen LogP contribution < -0.4 is 4.90 Å². The first-order chi connectivity index (χ1) is 20.4. The summed E-state index contributed by atoms with van der Waals surface area (Å²) in [5, 5.41) is 22.5. The molecule has 4 aromatic carbocycles. The molecule has 1 aromatic heterocycles. The molecule has 0 unspecified atom stereocenters. The number of Topliss-reactive ketones (excluding diaryl/α,β-unsaturated/α-hetero) is 1. The number of rotatable bonds is 7. The molecule has 1 fully saturated rings. The number of ketones is 1. The van der Waals surface area contributed by atoms with Gasteiger partial charge in [-0.3, -0.25) is 14.5 Å². The third-order valence-corrected chi connectivity index (χ3v) is 9.53. The Morgan fingerprint density at radius 3 is 2.52 bits per heavy atom. The van der Waals surface area contributed by atoms with Gasteiger partial charge in [-0.15, -0.1) is 10.2 Å². The lowest BCUT2D eigenvalue weighted by Gasteiger charge is -2.22. The molecule has 0 spiro atoms. The van der Waals surface area contributed by atoms with E-state index in [1.165, 1.54) is 46.2 Å². The molecule has 2 heterocycles. The highest BCUT2D eigenvalue weighted by molar-refractivity contribution is 8.00. The topological polar surface area (TPSA) is 83.4 Å². The summed E-state index contributed by atoms with van der Waals surface area (Å²) < 4.78 is 15.1. The van der Waals surface area contributed by atoms with E-state index in [2.05, 4.69) is 34.5 Å². The number of aliphatic hydroxyl groups excluding tert-OH is 1. The lowest BCUT2D eigenvalue weighted by atomic mass is 9.94. The second kappa shape index (κ2) is 11.5. The number of thioether (sulfide) groups is 1. The Morgan fingerprint density at radius 1 is 1.00 bits per heavy atom. The summed E-state index contributed by atoms with van der Waals surface area (Å²) >= 11 is 2.71. The number of aromatic nitrogens is 2. The summed E-state index contributed by atoms with van der Waals surface area (Å²) in [7, 11) is 0. The molecule has 210 valence electrons. The fourth-order valence-corrected chi connectivity index (χ4v) is 6.96. The predicted molar refractivity (Wildman–Crippen MR) is 165 cm³/mol. The van der Waals surface area contributed by atoms with Crippen molar-refractivity contribution in [3.63, 3.8) is 0 Å². The second-order valence-electron chi connectivity index (χ2n) is 10.0. The SMILES string of the molecule is CCc1ccc([C@@H]2C(=C(O)c3ccc(C)c(F)c3)C(=O)C(=O)N2c2nnc(SCc3cccc4ccccc34)s2)cc1. The molecule has 0 radical (unpaired) electrons. The number of benzene rings is 4. The smallest absolute Gasteiger partial charge is 0.301 e. The van der Waals surface area contributed by atoms with E-state index in [4.69, 9.17) is 0 Å². The number of anilines is 1. The Hall–Kier alpha value is -4.34. The zero-order valence-electron chi connectivity index (χ0n) is 22.9. The van der Waals surface area contributed by atoms with Crippen molar-refractivity contribution in [3.8, 4) is 0 Å². The van der Waals surface area contributed by atoms with Crippen molar-refractivity contribution < 1.29 is 19.1 Å². The van der Waals surface area contributed by atoms with Gasteiger partial charge in [0.05, 0.1) is 11.6 Å². The minimum Gasteiger partial charge on any atom is -0.507 e. The molecule has 0 aliphatic carbocycles. The van der Waals surface area contributed by atoms with E-state index >= 15 is 0 Å². The molecule has 42 heavy (non-hydrogen) atoms. The van der Waals surface area contributed by atoms with E-state index in [9.17, 15) is 19.1 Å². The monoisotopic (exact) mass is 595 g/mol. The zero-order valence-corrected chi connectivity index (χ0v) is 24.5. The van der Waals surface area contributed by atoms with E-state index in [1.54, 1.807) is 6.92 Å². The van der Waals surface area contributed by atoms with Gasteiger partial charge in [-0.05, 0) is 52.4 Å². The molecule has 1 N–H and O–H groups in total. The van der Waals surface area contributed by atoms with Gasteiger partial charge in [-0.1, -0.05) is 109 Å². The highest BCUT2D eigenvalue weighted by Gasteiger charge is 2.48. The zero-order chi connectivity index (χ0) is 29.4. The fraction of sp³-hybridized carbons (Fsp3) is 0.152. The fourth-order valence-electron chi connectivity index (χ4n) is 5.09. The summed E-state index contributed by atoms with van der Waals surface area (Å²) in [6.07, 6.45) is 0.816. The lowest BCUT2D eigenvalue weighted by molar-refractivity contribution is -0.132. The summed E-state index contributed by atoms with van der Waals surface area (Å²) in [4.78, 5) is 28.2. The molecule has 0 saturated carbocycles. The van der Waals surface area contributed by atoms with Crippen LogP contribution in [0.3, 0.4) is 0 Å². The van der Waals surface area contributed by atoms with E-state index in [-0.39, 0.29) is 16.3 Å². The summed E-state index contributed by atoms with van der Waals surface area (Å²) in [6, 6.07) is 25.1. The van der Waals surface area contributed by atoms with Crippen LogP contribution in [-0.2, 0) is 21.8 Å². The van der Waals surface area contributed by atoms with Gasteiger partial charge in [-0.2, -0.15) is 0 Å². The Balaban J connectivity index is 1.38. The van der Waals surface area contributed by atoms with Crippen molar-refractivity contribution in [2.24, 2.45) is 0 Å². The van der Waals surface area contributed by atoms with Gasteiger partial charge < -0.3 is 5.11 Å². The number of hydrogen-bond acceptors (Lipinski definition) is 7. The van der Waals surface area contributed by atoms with Crippen molar-refractivity contribution in [3.05, 3.63) is 124 Å². The van der Waals surface area contributed by atoms with Gasteiger partial charge in [0.1, 0.15) is 11.6 Å². The maximum absolute atomic E-state index is 14.4. The van der Waals surface area contributed by atoms with Crippen molar-refractivity contribution in [2.75, 3.05) is 4.90 Å². The predicted octanol–water partition coefficient (Wildman–Crippen LogP) is 7.62.